The molecule has 4 nitrogen and oxygen atoms in total. The highest BCUT2D eigenvalue weighted by Gasteiger charge is 2.07. The topological polar surface area (TPSA) is 50.7 Å². The van der Waals surface area contributed by atoms with Gasteiger partial charge in [-0.3, -0.25) is 4.79 Å². The van der Waals surface area contributed by atoms with Gasteiger partial charge in [-0.1, -0.05) is 18.2 Å². The zero-order valence-corrected chi connectivity index (χ0v) is 15.0. The van der Waals surface area contributed by atoms with Crippen molar-refractivity contribution >= 4 is 38.9 Å². The highest BCUT2D eigenvalue weighted by Crippen LogP contribution is 2.23. The number of para-hydroxylation sites is 1. The van der Waals surface area contributed by atoms with E-state index in [1.54, 1.807) is 11.3 Å². The van der Waals surface area contributed by atoms with Crippen LogP contribution in [-0.2, 0) is 4.79 Å². The molecule has 1 amide bonds. The molecule has 0 atom stereocenters. The summed E-state index contributed by atoms with van der Waals surface area (Å²) in [6.07, 6.45) is 0. The molecule has 0 bridgehead atoms. The van der Waals surface area contributed by atoms with E-state index in [4.69, 9.17) is 4.74 Å². The number of nitrogens with zero attached hydrogens (tertiary/aromatic N) is 1. The molecule has 1 N–H and O–H groups in total. The maximum absolute atomic E-state index is 11.8. The highest BCUT2D eigenvalue weighted by molar-refractivity contribution is 9.11. The molecule has 22 heavy (non-hydrogen) atoms. The normalized spacial score (nSPS) is 11.4. The van der Waals surface area contributed by atoms with Gasteiger partial charge in [0, 0.05) is 0 Å². The van der Waals surface area contributed by atoms with Gasteiger partial charge in [-0.2, -0.15) is 5.10 Å². The highest BCUT2D eigenvalue weighted by atomic mass is 79.9. The second kappa shape index (κ2) is 7.56. The summed E-state index contributed by atoms with van der Waals surface area (Å²) >= 11 is 4.97. The largest absolute Gasteiger partial charge is 0.483 e. The molecule has 0 fully saturated rings. The molecule has 2 aromatic rings. The average molecular weight is 381 g/mol. The summed E-state index contributed by atoms with van der Waals surface area (Å²) in [5.41, 5.74) is 5.30. The quantitative estimate of drug-likeness (QED) is 0.628. The summed E-state index contributed by atoms with van der Waals surface area (Å²) in [7, 11) is 0. The van der Waals surface area contributed by atoms with E-state index in [0.717, 1.165) is 31.3 Å². The minimum Gasteiger partial charge on any atom is -0.483 e. The Balaban J connectivity index is 1.91. The molecule has 0 aliphatic heterocycles. The Hall–Kier alpha value is -1.66. The van der Waals surface area contributed by atoms with Crippen LogP contribution in [0, 0.1) is 13.8 Å². The van der Waals surface area contributed by atoms with Crippen molar-refractivity contribution in [3.63, 3.8) is 0 Å². The van der Waals surface area contributed by atoms with E-state index in [1.807, 2.05) is 51.1 Å². The van der Waals surface area contributed by atoms with Crippen LogP contribution in [0.5, 0.6) is 5.75 Å². The molecule has 116 valence electrons. The number of hydrogen-bond acceptors (Lipinski definition) is 4. The second-order valence-corrected chi connectivity index (χ2v) is 7.31. The van der Waals surface area contributed by atoms with Crippen molar-refractivity contribution < 1.29 is 9.53 Å². The Kier molecular flexibility index (Phi) is 5.74. The first-order valence-corrected chi connectivity index (χ1v) is 8.36. The summed E-state index contributed by atoms with van der Waals surface area (Å²) in [4.78, 5) is 12.8. The summed E-state index contributed by atoms with van der Waals surface area (Å²) in [6, 6.07) is 9.77. The molecule has 6 heteroatoms. The number of hydrazone groups is 1. The summed E-state index contributed by atoms with van der Waals surface area (Å²) in [6.45, 7) is 5.70. The van der Waals surface area contributed by atoms with Crippen molar-refractivity contribution in [2.75, 3.05) is 6.61 Å². The number of ether oxygens (including phenoxy) is 1. The summed E-state index contributed by atoms with van der Waals surface area (Å²) in [5, 5.41) is 4.09. The lowest BCUT2D eigenvalue weighted by molar-refractivity contribution is -0.123. The summed E-state index contributed by atoms with van der Waals surface area (Å²) < 4.78 is 6.61. The molecule has 0 aliphatic rings. The number of amides is 1. The Morgan fingerprint density at radius 3 is 2.55 bits per heavy atom. The first kappa shape index (κ1) is 16.7. The number of halogens is 1. The van der Waals surface area contributed by atoms with E-state index >= 15 is 0 Å². The molecule has 0 spiro atoms. The number of aryl methyl sites for hydroxylation is 2. The standard InChI is InChI=1S/C16H17BrN2O2S/c1-10-5-4-6-11(2)16(10)21-9-15(20)19-18-12(3)13-7-8-14(17)22-13/h4-8H,9H2,1-3H3,(H,19,20)/b18-12-. The van der Waals surface area contributed by atoms with Crippen molar-refractivity contribution in [1.29, 1.82) is 0 Å². The fourth-order valence-electron chi connectivity index (χ4n) is 1.91. The predicted molar refractivity (Wildman–Crippen MR) is 93.8 cm³/mol. The van der Waals surface area contributed by atoms with E-state index in [1.165, 1.54) is 0 Å². The lowest BCUT2D eigenvalue weighted by Gasteiger charge is -2.10. The fraction of sp³-hybridized carbons (Fsp3) is 0.250. The molecule has 0 saturated heterocycles. The molecule has 1 aromatic carbocycles. The molecule has 1 aromatic heterocycles. The molecule has 0 aliphatic carbocycles. The van der Waals surface area contributed by atoms with Crippen LogP contribution >= 0.6 is 27.3 Å². The molecule has 0 radical (unpaired) electrons. The van der Waals surface area contributed by atoms with E-state index in [9.17, 15) is 4.79 Å². The minimum atomic E-state index is -0.280. The van der Waals surface area contributed by atoms with Crippen LogP contribution in [0.25, 0.3) is 0 Å². The number of benzene rings is 1. The zero-order chi connectivity index (χ0) is 16.1. The fourth-order valence-corrected chi connectivity index (χ4v) is 3.24. The van der Waals surface area contributed by atoms with Gasteiger partial charge in [0.1, 0.15) is 5.75 Å². The van der Waals surface area contributed by atoms with E-state index in [0.29, 0.717) is 0 Å². The van der Waals surface area contributed by atoms with Crippen molar-refractivity contribution in [2.24, 2.45) is 5.10 Å². The number of rotatable bonds is 5. The maximum atomic E-state index is 11.8. The number of nitrogens with one attached hydrogen (secondary N) is 1. The van der Waals surface area contributed by atoms with E-state index in [-0.39, 0.29) is 12.5 Å². The van der Waals surface area contributed by atoms with E-state index in [2.05, 4.69) is 26.5 Å². The SMILES string of the molecule is C/C(=N/NC(=O)COc1c(C)cccc1C)c1ccc(Br)s1. The Morgan fingerprint density at radius 1 is 1.27 bits per heavy atom. The van der Waals surface area contributed by atoms with Gasteiger partial charge in [0.2, 0.25) is 0 Å². The van der Waals surface area contributed by atoms with E-state index < -0.39 is 0 Å². The third-order valence-electron chi connectivity index (χ3n) is 3.03. The van der Waals surface area contributed by atoms with Crippen molar-refractivity contribution in [3.8, 4) is 5.75 Å². The number of hydrogen-bond donors (Lipinski definition) is 1. The third-order valence-corrected chi connectivity index (χ3v) is 4.77. The van der Waals surface area contributed by atoms with Crippen LogP contribution in [-0.4, -0.2) is 18.2 Å². The second-order valence-electron chi connectivity index (χ2n) is 4.85. The molecule has 0 saturated carbocycles. The first-order valence-electron chi connectivity index (χ1n) is 6.75. The third kappa shape index (κ3) is 4.42. The van der Waals surface area contributed by atoms with Gasteiger partial charge in [-0.05, 0) is 60.0 Å². The molecule has 0 unspecified atom stereocenters. The van der Waals surface area contributed by atoms with Gasteiger partial charge in [0.25, 0.3) is 5.91 Å². The number of carbonyl (C=O) groups excluding carboxylic acids is 1. The molecular formula is C16H17BrN2O2S. The van der Waals surface area contributed by atoms with Crippen LogP contribution in [0.1, 0.15) is 22.9 Å². The minimum absolute atomic E-state index is 0.0589. The van der Waals surface area contributed by atoms with Gasteiger partial charge in [0.15, 0.2) is 6.61 Å². The maximum Gasteiger partial charge on any atom is 0.277 e. The predicted octanol–water partition coefficient (Wildman–Crippen LogP) is 4.05. The van der Waals surface area contributed by atoms with Crippen molar-refractivity contribution in [2.45, 2.75) is 20.8 Å². The van der Waals surface area contributed by atoms with Gasteiger partial charge in [-0.25, -0.2) is 5.43 Å². The van der Waals surface area contributed by atoms with Crippen molar-refractivity contribution in [1.82, 2.24) is 5.43 Å². The molecule has 1 heterocycles. The monoisotopic (exact) mass is 380 g/mol. The Bertz CT molecular complexity index is 690. The van der Waals surface area contributed by atoms with Gasteiger partial charge >= 0.3 is 0 Å². The number of carbonyl (C=O) groups is 1. The smallest absolute Gasteiger partial charge is 0.277 e. The first-order chi connectivity index (χ1) is 10.5. The van der Waals surface area contributed by atoms with Crippen LogP contribution in [0.3, 0.4) is 0 Å². The number of thiophene rings is 1. The van der Waals surface area contributed by atoms with Crippen LogP contribution in [0.4, 0.5) is 0 Å². The van der Waals surface area contributed by atoms with Gasteiger partial charge in [0.05, 0.1) is 14.4 Å². The lowest BCUT2D eigenvalue weighted by Crippen LogP contribution is -2.25. The van der Waals surface area contributed by atoms with Crippen LogP contribution < -0.4 is 10.2 Å². The molecular weight excluding hydrogens is 364 g/mol. The lowest BCUT2D eigenvalue weighted by atomic mass is 10.1. The summed E-state index contributed by atoms with van der Waals surface area (Å²) in [5.74, 6) is 0.471. The van der Waals surface area contributed by atoms with Crippen molar-refractivity contribution in [3.05, 3.63) is 50.1 Å². The zero-order valence-electron chi connectivity index (χ0n) is 12.6. The van der Waals surface area contributed by atoms with Crippen LogP contribution in [0.15, 0.2) is 39.2 Å². The Labute approximate surface area is 142 Å². The van der Waals surface area contributed by atoms with Gasteiger partial charge in [-0.15, -0.1) is 11.3 Å². The Morgan fingerprint density at radius 2 is 1.95 bits per heavy atom. The average Bonchev–Trinajstić information content (AvgIpc) is 2.91. The van der Waals surface area contributed by atoms with Crippen LogP contribution in [0.2, 0.25) is 0 Å². The molecule has 2 rings (SSSR count). The van der Waals surface area contributed by atoms with Gasteiger partial charge < -0.3 is 4.74 Å².